The van der Waals surface area contributed by atoms with Gasteiger partial charge in [0.1, 0.15) is 11.8 Å². The monoisotopic (exact) mass is 424 g/mol. The Balaban J connectivity index is 2.40. The lowest BCUT2D eigenvalue weighted by Gasteiger charge is -2.29. The summed E-state index contributed by atoms with van der Waals surface area (Å²) < 4.78 is 31.0. The molecular weight excluding hydrogens is 400 g/mol. The summed E-state index contributed by atoms with van der Waals surface area (Å²) in [5, 5.41) is 3.12. The van der Waals surface area contributed by atoms with E-state index in [-0.39, 0.29) is 10.7 Å². The summed E-state index contributed by atoms with van der Waals surface area (Å²) in [4.78, 5) is 12.9. The third-order valence-corrected chi connectivity index (χ3v) is 5.94. The maximum absolute atomic E-state index is 12.9. The first kappa shape index (κ1) is 22.0. The molecule has 0 aromatic heterocycles. The van der Waals surface area contributed by atoms with Crippen molar-refractivity contribution in [2.45, 2.75) is 33.7 Å². The molecule has 0 aliphatic rings. The number of ether oxygens (including phenoxy) is 1. The van der Waals surface area contributed by atoms with E-state index in [1.807, 2.05) is 32.9 Å². The molecule has 0 bridgehead atoms. The molecule has 0 spiro atoms. The summed E-state index contributed by atoms with van der Waals surface area (Å²) in [5.41, 5.74) is 3.89. The number of rotatable bonds is 6. The van der Waals surface area contributed by atoms with E-state index >= 15 is 0 Å². The van der Waals surface area contributed by atoms with E-state index in [0.29, 0.717) is 11.4 Å². The molecule has 28 heavy (non-hydrogen) atoms. The van der Waals surface area contributed by atoms with Crippen LogP contribution in [0.5, 0.6) is 5.75 Å². The van der Waals surface area contributed by atoms with Crippen LogP contribution in [0, 0.1) is 20.8 Å². The molecule has 2 aromatic carbocycles. The average Bonchev–Trinajstić information content (AvgIpc) is 2.56. The Kier molecular flexibility index (Phi) is 6.62. The average molecular weight is 425 g/mol. The molecule has 0 radical (unpaired) electrons. The van der Waals surface area contributed by atoms with Crippen LogP contribution in [0.3, 0.4) is 0 Å². The Labute approximate surface area is 171 Å². The summed E-state index contributed by atoms with van der Waals surface area (Å²) in [6.07, 6.45) is 1.05. The smallest absolute Gasteiger partial charge is 0.248 e. The second kappa shape index (κ2) is 8.41. The van der Waals surface area contributed by atoms with Crippen molar-refractivity contribution in [2.24, 2.45) is 0 Å². The van der Waals surface area contributed by atoms with Crippen LogP contribution in [0.1, 0.15) is 23.6 Å². The molecule has 2 rings (SSSR count). The molecule has 6 nitrogen and oxygen atoms in total. The van der Waals surface area contributed by atoms with Gasteiger partial charge < -0.3 is 10.1 Å². The first-order chi connectivity index (χ1) is 13.0. The van der Waals surface area contributed by atoms with Gasteiger partial charge in [-0.25, -0.2) is 8.42 Å². The van der Waals surface area contributed by atoms with Crippen LogP contribution in [0.4, 0.5) is 11.4 Å². The second-order valence-electron chi connectivity index (χ2n) is 6.82. The SMILES string of the molecule is COc1ccc(N([C@@H](C)C(=O)Nc2c(C)cc(C)cc2C)S(C)(=O)=O)cc1Cl. The topological polar surface area (TPSA) is 75.7 Å². The lowest BCUT2D eigenvalue weighted by molar-refractivity contribution is -0.116. The minimum atomic E-state index is -3.74. The van der Waals surface area contributed by atoms with Crippen molar-refractivity contribution in [2.75, 3.05) is 23.0 Å². The Morgan fingerprint density at radius 2 is 1.71 bits per heavy atom. The number of hydrogen-bond acceptors (Lipinski definition) is 4. The zero-order valence-electron chi connectivity index (χ0n) is 16.8. The van der Waals surface area contributed by atoms with E-state index in [1.54, 1.807) is 12.1 Å². The molecule has 2 aromatic rings. The zero-order valence-corrected chi connectivity index (χ0v) is 18.4. The number of anilines is 2. The summed E-state index contributed by atoms with van der Waals surface area (Å²) in [6.45, 7) is 7.32. The Bertz CT molecular complexity index is 982. The number of amides is 1. The molecule has 0 saturated carbocycles. The highest BCUT2D eigenvalue weighted by Crippen LogP contribution is 2.31. The molecule has 0 aliphatic carbocycles. The van der Waals surface area contributed by atoms with Crippen LogP contribution in [0.2, 0.25) is 5.02 Å². The molecule has 1 amide bonds. The summed E-state index contributed by atoms with van der Waals surface area (Å²) in [5.74, 6) is -0.0192. The number of benzene rings is 2. The minimum absolute atomic E-state index is 0.256. The maximum atomic E-state index is 12.9. The van der Waals surface area contributed by atoms with E-state index in [2.05, 4.69) is 5.32 Å². The van der Waals surface area contributed by atoms with Crippen LogP contribution >= 0.6 is 11.6 Å². The predicted molar refractivity (Wildman–Crippen MR) is 114 cm³/mol. The second-order valence-corrected chi connectivity index (χ2v) is 9.08. The van der Waals surface area contributed by atoms with Crippen LogP contribution in [-0.2, 0) is 14.8 Å². The Morgan fingerprint density at radius 3 is 2.18 bits per heavy atom. The van der Waals surface area contributed by atoms with Gasteiger partial charge in [0.15, 0.2) is 0 Å². The summed E-state index contributed by atoms with van der Waals surface area (Å²) in [7, 11) is -2.27. The number of methoxy groups -OCH3 is 1. The van der Waals surface area contributed by atoms with Crippen molar-refractivity contribution in [3.05, 3.63) is 52.0 Å². The molecule has 0 heterocycles. The molecule has 0 unspecified atom stereocenters. The fourth-order valence-corrected chi connectivity index (χ4v) is 4.62. The van der Waals surface area contributed by atoms with Gasteiger partial charge in [-0.15, -0.1) is 0 Å². The van der Waals surface area contributed by atoms with E-state index in [4.69, 9.17) is 16.3 Å². The molecular formula is C20H25ClN2O4S. The first-order valence-electron chi connectivity index (χ1n) is 8.67. The number of hydrogen-bond donors (Lipinski definition) is 1. The lowest BCUT2D eigenvalue weighted by atomic mass is 10.0. The first-order valence-corrected chi connectivity index (χ1v) is 10.9. The van der Waals surface area contributed by atoms with Gasteiger partial charge in [0.25, 0.3) is 0 Å². The van der Waals surface area contributed by atoms with E-state index in [1.165, 1.54) is 20.1 Å². The largest absolute Gasteiger partial charge is 0.495 e. The van der Waals surface area contributed by atoms with Gasteiger partial charge in [0, 0.05) is 5.69 Å². The van der Waals surface area contributed by atoms with Crippen molar-refractivity contribution in [1.82, 2.24) is 0 Å². The number of nitrogens with one attached hydrogen (secondary N) is 1. The van der Waals surface area contributed by atoms with Crippen LogP contribution in [0.15, 0.2) is 30.3 Å². The van der Waals surface area contributed by atoms with Gasteiger partial charge in [0.05, 0.1) is 24.1 Å². The molecule has 1 N–H and O–H groups in total. The van der Waals surface area contributed by atoms with E-state index in [9.17, 15) is 13.2 Å². The maximum Gasteiger partial charge on any atom is 0.248 e. The minimum Gasteiger partial charge on any atom is -0.495 e. The summed E-state index contributed by atoms with van der Waals surface area (Å²) in [6, 6.07) is 7.52. The lowest BCUT2D eigenvalue weighted by Crippen LogP contribution is -2.45. The Morgan fingerprint density at radius 1 is 1.14 bits per heavy atom. The number of carbonyl (C=O) groups is 1. The fraction of sp³-hybridized carbons (Fsp3) is 0.350. The number of aryl methyl sites for hydroxylation is 3. The molecule has 1 atom stereocenters. The predicted octanol–water partition coefficient (Wildman–Crippen LogP) is 4.07. The summed E-state index contributed by atoms with van der Waals surface area (Å²) >= 11 is 6.15. The molecule has 0 aliphatic heterocycles. The van der Waals surface area contributed by atoms with Gasteiger partial charge in [0.2, 0.25) is 15.9 Å². The Hall–Kier alpha value is -2.25. The quantitative estimate of drug-likeness (QED) is 0.758. The van der Waals surface area contributed by atoms with E-state index in [0.717, 1.165) is 27.3 Å². The molecule has 152 valence electrons. The normalized spacial score (nSPS) is 12.4. The number of nitrogens with zero attached hydrogens (tertiary/aromatic N) is 1. The molecule has 0 fully saturated rings. The van der Waals surface area contributed by atoms with Crippen molar-refractivity contribution in [3.63, 3.8) is 0 Å². The van der Waals surface area contributed by atoms with E-state index < -0.39 is 22.0 Å². The zero-order chi connectivity index (χ0) is 21.2. The highest BCUT2D eigenvalue weighted by molar-refractivity contribution is 7.92. The van der Waals surface area contributed by atoms with Crippen molar-refractivity contribution in [1.29, 1.82) is 0 Å². The van der Waals surface area contributed by atoms with Gasteiger partial charge in [-0.05, 0) is 57.0 Å². The van der Waals surface area contributed by atoms with Crippen molar-refractivity contribution >= 4 is 38.9 Å². The van der Waals surface area contributed by atoms with Crippen LogP contribution in [0.25, 0.3) is 0 Å². The van der Waals surface area contributed by atoms with Crippen molar-refractivity contribution < 1.29 is 17.9 Å². The number of halogens is 1. The van der Waals surface area contributed by atoms with Crippen molar-refractivity contribution in [3.8, 4) is 5.75 Å². The third-order valence-electron chi connectivity index (χ3n) is 4.40. The fourth-order valence-electron chi connectivity index (χ4n) is 3.21. The van der Waals surface area contributed by atoms with Gasteiger partial charge >= 0.3 is 0 Å². The van der Waals surface area contributed by atoms with Gasteiger partial charge in [-0.1, -0.05) is 29.3 Å². The van der Waals surface area contributed by atoms with Crippen LogP contribution in [-0.4, -0.2) is 33.7 Å². The number of carbonyl (C=O) groups excluding carboxylic acids is 1. The van der Waals surface area contributed by atoms with Gasteiger partial charge in [-0.3, -0.25) is 9.10 Å². The number of sulfonamides is 1. The van der Waals surface area contributed by atoms with Crippen LogP contribution < -0.4 is 14.4 Å². The third kappa shape index (κ3) is 4.77. The van der Waals surface area contributed by atoms with Gasteiger partial charge in [-0.2, -0.15) is 0 Å². The highest BCUT2D eigenvalue weighted by Gasteiger charge is 2.30. The molecule has 8 heteroatoms. The highest BCUT2D eigenvalue weighted by atomic mass is 35.5. The molecule has 0 saturated heterocycles. The standard InChI is InChI=1S/C20H25ClN2O4S/c1-12-9-13(2)19(14(3)10-12)22-20(24)15(4)23(28(6,25)26)16-7-8-18(27-5)17(21)11-16/h7-11,15H,1-6H3,(H,22,24)/t15-/m0/s1.